The summed E-state index contributed by atoms with van der Waals surface area (Å²) in [6.07, 6.45) is 4.75. The molecule has 2 N–H and O–H groups in total. The zero-order chi connectivity index (χ0) is 18.1. The first-order chi connectivity index (χ1) is 12.7. The molecule has 26 heavy (non-hydrogen) atoms. The zero-order valence-electron chi connectivity index (χ0n) is 15.0. The van der Waals surface area contributed by atoms with Crippen molar-refractivity contribution in [2.45, 2.75) is 19.4 Å². The molecule has 138 valence electrons. The van der Waals surface area contributed by atoms with Gasteiger partial charge in [0.2, 0.25) is 0 Å². The van der Waals surface area contributed by atoms with Gasteiger partial charge in [-0.1, -0.05) is 11.6 Å². The number of hydrogen-bond acceptors (Lipinski definition) is 6. The maximum Gasteiger partial charge on any atom is 0.102 e. The second kappa shape index (κ2) is 7.56. The Kier molecular flexibility index (Phi) is 5.18. The highest BCUT2D eigenvalue weighted by atomic mass is 35.5. The summed E-state index contributed by atoms with van der Waals surface area (Å²) < 4.78 is 5.27. The molecule has 0 bridgehead atoms. The van der Waals surface area contributed by atoms with Gasteiger partial charge in [0.1, 0.15) is 5.00 Å². The molecule has 5 nitrogen and oxygen atoms in total. The van der Waals surface area contributed by atoms with Crippen molar-refractivity contribution in [3.8, 4) is 0 Å². The minimum atomic E-state index is 0.412. The van der Waals surface area contributed by atoms with Crippen LogP contribution in [0.2, 0.25) is 5.02 Å². The molecule has 1 fully saturated rings. The molecule has 2 aliphatic rings. The number of thiophene rings is 1. The van der Waals surface area contributed by atoms with Gasteiger partial charge in [0.05, 0.1) is 16.1 Å². The van der Waals surface area contributed by atoms with Crippen LogP contribution in [0.15, 0.2) is 18.3 Å². The lowest BCUT2D eigenvalue weighted by molar-refractivity contribution is 0.166. The molecule has 0 amide bonds. The number of nitrogens with zero attached hydrogens (tertiary/aromatic N) is 2. The summed E-state index contributed by atoms with van der Waals surface area (Å²) in [5.41, 5.74) is 2.42. The quantitative estimate of drug-likeness (QED) is 0.832. The number of ether oxygens (including phenoxy) is 1. The molecule has 1 unspecified atom stereocenters. The Morgan fingerprint density at radius 3 is 3.15 bits per heavy atom. The fourth-order valence-electron chi connectivity index (χ4n) is 3.63. The van der Waals surface area contributed by atoms with Gasteiger partial charge >= 0.3 is 0 Å². The molecule has 4 rings (SSSR count). The van der Waals surface area contributed by atoms with Gasteiger partial charge in [-0.15, -0.1) is 11.3 Å². The van der Waals surface area contributed by atoms with E-state index in [2.05, 4.69) is 28.5 Å². The number of halogens is 1. The van der Waals surface area contributed by atoms with Gasteiger partial charge < -0.3 is 20.3 Å². The minimum absolute atomic E-state index is 0.412. The molecule has 2 aromatic rings. The van der Waals surface area contributed by atoms with Crippen molar-refractivity contribution >= 4 is 39.8 Å². The highest BCUT2D eigenvalue weighted by molar-refractivity contribution is 7.16. The Bertz CT molecular complexity index is 926. The fraction of sp³-hybridized carbons (Fsp3) is 0.421. The van der Waals surface area contributed by atoms with Gasteiger partial charge in [-0.05, 0) is 25.5 Å². The predicted octanol–water partition coefficient (Wildman–Crippen LogP) is 1.74. The van der Waals surface area contributed by atoms with Crippen molar-refractivity contribution in [1.82, 2.24) is 15.2 Å². The third-order valence-corrected chi connectivity index (χ3v) is 6.01. The lowest BCUT2D eigenvalue weighted by atomic mass is 10.1. The van der Waals surface area contributed by atoms with Crippen molar-refractivity contribution in [2.75, 3.05) is 38.7 Å². The van der Waals surface area contributed by atoms with Gasteiger partial charge in [0.25, 0.3) is 0 Å². The maximum absolute atomic E-state index is 6.20. The van der Waals surface area contributed by atoms with Crippen LogP contribution in [-0.4, -0.2) is 49.3 Å². The van der Waals surface area contributed by atoms with Gasteiger partial charge in [-0.25, -0.2) is 0 Å². The van der Waals surface area contributed by atoms with Crippen molar-refractivity contribution in [1.29, 1.82) is 0 Å². The average molecular weight is 391 g/mol. The highest BCUT2D eigenvalue weighted by Crippen LogP contribution is 2.34. The normalized spacial score (nSPS) is 19.3. The van der Waals surface area contributed by atoms with E-state index in [0.29, 0.717) is 11.1 Å². The Balaban J connectivity index is 1.83. The van der Waals surface area contributed by atoms with Crippen LogP contribution in [0.5, 0.6) is 0 Å². The molecule has 4 heterocycles. The maximum atomic E-state index is 6.20. The fourth-order valence-corrected chi connectivity index (χ4v) is 4.68. The summed E-state index contributed by atoms with van der Waals surface area (Å²) in [6.45, 7) is 5.77. The topological polar surface area (TPSA) is 49.4 Å². The molecular formula is C19H23ClN4OS. The first-order valence-corrected chi connectivity index (χ1v) is 10.1. The summed E-state index contributed by atoms with van der Waals surface area (Å²) in [7, 11) is 1.76. The van der Waals surface area contributed by atoms with Crippen LogP contribution in [0.25, 0.3) is 11.9 Å². The van der Waals surface area contributed by atoms with Crippen molar-refractivity contribution in [3.63, 3.8) is 0 Å². The third kappa shape index (κ3) is 3.47. The van der Waals surface area contributed by atoms with Crippen LogP contribution in [-0.2, 0) is 4.74 Å². The molecular weight excluding hydrogens is 368 g/mol. The van der Waals surface area contributed by atoms with Crippen molar-refractivity contribution < 1.29 is 4.74 Å². The zero-order valence-corrected chi connectivity index (χ0v) is 16.6. The van der Waals surface area contributed by atoms with Crippen LogP contribution < -0.4 is 21.2 Å². The van der Waals surface area contributed by atoms with Crippen LogP contribution in [0.4, 0.5) is 5.00 Å². The lowest BCUT2D eigenvalue weighted by Crippen LogP contribution is -2.52. The van der Waals surface area contributed by atoms with Crippen molar-refractivity contribution in [3.05, 3.63) is 44.4 Å². The highest BCUT2D eigenvalue weighted by Gasteiger charge is 2.26. The lowest BCUT2D eigenvalue weighted by Gasteiger charge is -2.36. The van der Waals surface area contributed by atoms with Crippen LogP contribution in [0, 0.1) is 6.92 Å². The van der Waals surface area contributed by atoms with Gasteiger partial charge in [0, 0.05) is 67.4 Å². The SMILES string of the molecule is COCCC1CN(C2=c3ncc(Cl)cc3=CNc3sc(C)cc32)CCN1. The Morgan fingerprint density at radius 1 is 1.42 bits per heavy atom. The van der Waals surface area contributed by atoms with E-state index in [1.807, 2.05) is 12.3 Å². The number of rotatable bonds is 4. The molecule has 0 spiro atoms. The van der Waals surface area contributed by atoms with E-state index < -0.39 is 0 Å². The summed E-state index contributed by atoms with van der Waals surface area (Å²) in [5, 5.41) is 10.9. The Hall–Kier alpha value is -1.60. The van der Waals surface area contributed by atoms with E-state index in [4.69, 9.17) is 21.3 Å². The standard InChI is InChI=1S/C19H23ClN4OS/c1-12-7-16-18(24-5-4-21-15(11-24)3-6-25-2)17-13(8-14(20)10-22-17)9-23-19(16)26-12/h7-10,15,21,23H,3-6,11H2,1-2H3. The van der Waals surface area contributed by atoms with E-state index in [-0.39, 0.29) is 0 Å². The first kappa shape index (κ1) is 17.8. The monoisotopic (exact) mass is 390 g/mol. The number of fused-ring (bicyclic) bond motifs is 2. The van der Waals surface area contributed by atoms with Crippen LogP contribution in [0.1, 0.15) is 16.9 Å². The number of aromatic nitrogens is 1. The summed E-state index contributed by atoms with van der Waals surface area (Å²) in [6, 6.07) is 4.65. The van der Waals surface area contributed by atoms with Gasteiger partial charge in [-0.3, -0.25) is 4.98 Å². The first-order valence-electron chi connectivity index (χ1n) is 8.86. The Morgan fingerprint density at radius 2 is 2.31 bits per heavy atom. The van der Waals surface area contributed by atoms with Gasteiger partial charge in [0.15, 0.2) is 0 Å². The number of aryl methyl sites for hydroxylation is 1. The number of nitrogens with one attached hydrogen (secondary N) is 2. The molecule has 2 aromatic heterocycles. The number of pyridine rings is 1. The Labute approximate surface area is 162 Å². The number of piperazine rings is 1. The summed E-state index contributed by atoms with van der Waals surface area (Å²) in [5.74, 6) is 0. The molecule has 1 atom stereocenters. The third-order valence-electron chi connectivity index (χ3n) is 4.82. The summed E-state index contributed by atoms with van der Waals surface area (Å²) in [4.78, 5) is 8.46. The van der Waals surface area contributed by atoms with Crippen LogP contribution >= 0.6 is 22.9 Å². The van der Waals surface area contributed by atoms with E-state index in [1.165, 1.54) is 21.1 Å². The van der Waals surface area contributed by atoms with E-state index in [0.717, 1.165) is 43.2 Å². The number of hydrogen-bond donors (Lipinski definition) is 2. The predicted molar refractivity (Wildman–Crippen MR) is 108 cm³/mol. The molecule has 0 aromatic carbocycles. The molecule has 0 saturated carbocycles. The second-order valence-electron chi connectivity index (χ2n) is 6.71. The smallest absolute Gasteiger partial charge is 0.102 e. The van der Waals surface area contributed by atoms with Crippen LogP contribution in [0.3, 0.4) is 0 Å². The number of anilines is 1. The average Bonchev–Trinajstić information content (AvgIpc) is 2.93. The summed E-state index contributed by atoms with van der Waals surface area (Å²) >= 11 is 7.97. The molecule has 0 radical (unpaired) electrons. The van der Waals surface area contributed by atoms with Crippen molar-refractivity contribution in [2.24, 2.45) is 0 Å². The van der Waals surface area contributed by atoms with E-state index >= 15 is 0 Å². The molecule has 1 saturated heterocycles. The van der Waals surface area contributed by atoms with E-state index in [1.54, 1.807) is 24.6 Å². The molecule has 7 heteroatoms. The molecule has 2 aliphatic heterocycles. The number of methoxy groups -OCH3 is 1. The minimum Gasteiger partial charge on any atom is -0.385 e. The van der Waals surface area contributed by atoms with E-state index in [9.17, 15) is 0 Å². The molecule has 0 aliphatic carbocycles. The largest absolute Gasteiger partial charge is 0.385 e. The van der Waals surface area contributed by atoms with Gasteiger partial charge in [-0.2, -0.15) is 0 Å². The second-order valence-corrected chi connectivity index (χ2v) is 8.40.